The van der Waals surface area contributed by atoms with Crippen molar-refractivity contribution in [1.29, 1.82) is 0 Å². The topological polar surface area (TPSA) is 59.4 Å². The van der Waals surface area contributed by atoms with E-state index >= 15 is 0 Å². The van der Waals surface area contributed by atoms with Crippen molar-refractivity contribution >= 4 is 5.97 Å². The minimum absolute atomic E-state index is 0.0462. The Morgan fingerprint density at radius 2 is 1.81 bits per heavy atom. The molecule has 26 heavy (non-hydrogen) atoms. The number of nitrogens with zero attached hydrogens (tertiary/aromatic N) is 1. The molecule has 3 rings (SSSR count). The first-order valence-electron chi connectivity index (χ1n) is 7.49. The average molecular weight is 359 g/mol. The van der Waals surface area contributed by atoms with Gasteiger partial charge in [-0.25, -0.2) is 22.9 Å². The molecule has 1 N–H and O–H groups in total. The van der Waals surface area contributed by atoms with Gasteiger partial charge in [0.2, 0.25) is 5.88 Å². The number of rotatable bonds is 4. The van der Waals surface area contributed by atoms with Gasteiger partial charge in [0.1, 0.15) is 5.56 Å². The van der Waals surface area contributed by atoms with Gasteiger partial charge in [-0.15, -0.1) is 0 Å². The van der Waals surface area contributed by atoms with Gasteiger partial charge in [-0.3, -0.25) is 0 Å². The van der Waals surface area contributed by atoms with E-state index in [4.69, 9.17) is 4.74 Å². The molecule has 0 aliphatic heterocycles. The summed E-state index contributed by atoms with van der Waals surface area (Å²) in [5.74, 6) is -4.92. The molecule has 0 bridgehead atoms. The van der Waals surface area contributed by atoms with Crippen LogP contribution in [-0.4, -0.2) is 16.1 Å². The van der Waals surface area contributed by atoms with Crippen LogP contribution in [0.4, 0.5) is 13.2 Å². The molecule has 2 aromatic carbocycles. The van der Waals surface area contributed by atoms with Gasteiger partial charge in [0.15, 0.2) is 23.2 Å². The molecule has 0 radical (unpaired) electrons. The molecule has 0 saturated heterocycles. The van der Waals surface area contributed by atoms with E-state index in [1.54, 1.807) is 6.92 Å². The van der Waals surface area contributed by atoms with Crippen LogP contribution in [0.2, 0.25) is 0 Å². The summed E-state index contributed by atoms with van der Waals surface area (Å²) >= 11 is 0. The number of carboxylic acids is 1. The summed E-state index contributed by atoms with van der Waals surface area (Å²) in [5.41, 5.74) is 0.128. The van der Waals surface area contributed by atoms with Crippen molar-refractivity contribution in [1.82, 2.24) is 4.98 Å². The van der Waals surface area contributed by atoms with E-state index in [1.807, 2.05) is 0 Å². The lowest BCUT2D eigenvalue weighted by molar-refractivity contribution is 0.0693. The van der Waals surface area contributed by atoms with E-state index in [0.29, 0.717) is 5.56 Å². The fourth-order valence-electron chi connectivity index (χ4n) is 2.33. The fraction of sp³-hybridized carbons (Fsp3) is 0.0526. The van der Waals surface area contributed by atoms with Crippen molar-refractivity contribution in [2.75, 3.05) is 0 Å². The average Bonchev–Trinajstić information content (AvgIpc) is 2.60. The maximum absolute atomic E-state index is 14.0. The summed E-state index contributed by atoms with van der Waals surface area (Å²) in [5, 5.41) is 9.28. The zero-order chi connectivity index (χ0) is 18.8. The van der Waals surface area contributed by atoms with Crippen LogP contribution < -0.4 is 4.74 Å². The highest BCUT2D eigenvalue weighted by Gasteiger charge is 2.19. The molecule has 0 aliphatic carbocycles. The Labute approximate surface area is 146 Å². The number of aromatic nitrogens is 1. The predicted molar refractivity (Wildman–Crippen MR) is 87.8 cm³/mol. The molecule has 0 atom stereocenters. The van der Waals surface area contributed by atoms with Crippen LogP contribution in [-0.2, 0) is 0 Å². The van der Waals surface area contributed by atoms with Crippen molar-refractivity contribution < 1.29 is 27.8 Å². The molecule has 4 nitrogen and oxygen atoms in total. The second kappa shape index (κ2) is 6.87. The largest absolute Gasteiger partial charge is 0.477 e. The molecular formula is C19H12F3NO3. The molecule has 0 aliphatic rings. The quantitative estimate of drug-likeness (QED) is 0.715. The number of aromatic carboxylic acids is 1. The Balaban J connectivity index is 2.12. The summed E-state index contributed by atoms with van der Waals surface area (Å²) in [6.45, 7) is 1.70. The predicted octanol–water partition coefficient (Wildman–Crippen LogP) is 4.96. The molecule has 1 aromatic heterocycles. The first-order chi connectivity index (χ1) is 12.4. The Morgan fingerprint density at radius 1 is 1.04 bits per heavy atom. The second-order valence-corrected chi connectivity index (χ2v) is 5.49. The third-order valence-corrected chi connectivity index (χ3v) is 3.61. The maximum atomic E-state index is 14.0. The Hall–Kier alpha value is -3.35. The van der Waals surface area contributed by atoms with Crippen LogP contribution in [0, 0.1) is 24.4 Å². The number of carboxylic acid groups (broad SMARTS) is 1. The minimum Gasteiger partial charge on any atom is -0.477 e. The molecule has 0 amide bonds. The number of benzene rings is 2. The van der Waals surface area contributed by atoms with Gasteiger partial charge in [-0.05, 0) is 48.9 Å². The van der Waals surface area contributed by atoms with Gasteiger partial charge in [0.05, 0.1) is 5.69 Å². The van der Waals surface area contributed by atoms with Crippen molar-refractivity contribution in [2.24, 2.45) is 0 Å². The number of ether oxygens (including phenoxy) is 1. The Kier molecular flexibility index (Phi) is 4.62. The van der Waals surface area contributed by atoms with Crippen LogP contribution in [0.1, 0.15) is 15.9 Å². The standard InChI is InChI=1S/C19H12F3NO3/c1-10-5-7-13(20)16(9-10)26-18-12(19(24)25)6-8-15(23-18)11-3-2-4-14(21)17(11)22/h2-9H,1H3,(H,24,25). The lowest BCUT2D eigenvalue weighted by Crippen LogP contribution is -2.04. The van der Waals surface area contributed by atoms with Gasteiger partial charge in [0.25, 0.3) is 0 Å². The van der Waals surface area contributed by atoms with E-state index in [2.05, 4.69) is 4.98 Å². The SMILES string of the molecule is Cc1ccc(F)c(Oc2nc(-c3cccc(F)c3F)ccc2C(=O)O)c1. The lowest BCUT2D eigenvalue weighted by atomic mass is 10.1. The Bertz CT molecular complexity index is 1010. The monoisotopic (exact) mass is 359 g/mol. The molecule has 1 heterocycles. The highest BCUT2D eigenvalue weighted by Crippen LogP contribution is 2.31. The molecule has 7 heteroatoms. The normalized spacial score (nSPS) is 10.6. The number of carbonyl (C=O) groups is 1. The highest BCUT2D eigenvalue weighted by molar-refractivity contribution is 5.90. The smallest absolute Gasteiger partial charge is 0.341 e. The molecule has 3 aromatic rings. The summed E-state index contributed by atoms with van der Waals surface area (Å²) in [6, 6.07) is 9.95. The number of hydrogen-bond donors (Lipinski definition) is 1. The fourth-order valence-corrected chi connectivity index (χ4v) is 2.33. The van der Waals surface area contributed by atoms with Crippen LogP contribution in [0.15, 0.2) is 48.5 Å². The Morgan fingerprint density at radius 3 is 2.54 bits per heavy atom. The van der Waals surface area contributed by atoms with Gasteiger partial charge in [-0.2, -0.15) is 0 Å². The molecule has 0 unspecified atom stereocenters. The molecule has 0 saturated carbocycles. The van der Waals surface area contributed by atoms with Gasteiger partial charge >= 0.3 is 5.97 Å². The summed E-state index contributed by atoms with van der Waals surface area (Å²) in [4.78, 5) is 15.3. The highest BCUT2D eigenvalue weighted by atomic mass is 19.2. The van der Waals surface area contributed by atoms with Gasteiger partial charge < -0.3 is 9.84 Å². The summed E-state index contributed by atoms with van der Waals surface area (Å²) in [6.07, 6.45) is 0. The van der Waals surface area contributed by atoms with Crippen LogP contribution in [0.3, 0.4) is 0 Å². The number of hydrogen-bond acceptors (Lipinski definition) is 3. The van der Waals surface area contributed by atoms with E-state index in [-0.39, 0.29) is 22.6 Å². The van der Waals surface area contributed by atoms with Crippen molar-refractivity contribution in [2.45, 2.75) is 6.92 Å². The molecule has 132 valence electrons. The number of pyridine rings is 1. The zero-order valence-electron chi connectivity index (χ0n) is 13.5. The summed E-state index contributed by atoms with van der Waals surface area (Å²) in [7, 11) is 0. The molecule has 0 spiro atoms. The van der Waals surface area contributed by atoms with Gasteiger partial charge in [0, 0.05) is 5.56 Å². The van der Waals surface area contributed by atoms with E-state index in [0.717, 1.165) is 12.1 Å². The minimum atomic E-state index is -1.35. The molecular weight excluding hydrogens is 347 g/mol. The van der Waals surface area contributed by atoms with Gasteiger partial charge in [-0.1, -0.05) is 12.1 Å². The van der Waals surface area contributed by atoms with Crippen LogP contribution in [0.25, 0.3) is 11.3 Å². The van der Waals surface area contributed by atoms with Crippen LogP contribution >= 0.6 is 0 Å². The van der Waals surface area contributed by atoms with Crippen molar-refractivity contribution in [3.05, 3.63) is 77.1 Å². The second-order valence-electron chi connectivity index (χ2n) is 5.49. The van der Waals surface area contributed by atoms with E-state index < -0.39 is 29.3 Å². The van der Waals surface area contributed by atoms with Crippen LogP contribution in [0.5, 0.6) is 11.6 Å². The van der Waals surface area contributed by atoms with Crippen molar-refractivity contribution in [3.63, 3.8) is 0 Å². The zero-order valence-corrected chi connectivity index (χ0v) is 13.5. The molecule has 0 fully saturated rings. The third-order valence-electron chi connectivity index (χ3n) is 3.61. The summed E-state index contributed by atoms with van der Waals surface area (Å²) < 4.78 is 46.7. The maximum Gasteiger partial charge on any atom is 0.341 e. The van der Waals surface area contributed by atoms with E-state index in [1.165, 1.54) is 36.4 Å². The third kappa shape index (κ3) is 3.37. The first kappa shape index (κ1) is 17.5. The number of halogens is 3. The van der Waals surface area contributed by atoms with E-state index in [9.17, 15) is 23.1 Å². The van der Waals surface area contributed by atoms with Crippen molar-refractivity contribution in [3.8, 4) is 22.9 Å². The number of aryl methyl sites for hydroxylation is 1. The lowest BCUT2D eigenvalue weighted by Gasteiger charge is -2.11. The first-order valence-corrected chi connectivity index (χ1v) is 7.49.